The topological polar surface area (TPSA) is 75.4 Å². The molecule has 2 aromatic rings. The van der Waals surface area contributed by atoms with Crippen molar-refractivity contribution in [3.8, 4) is 5.75 Å². The van der Waals surface area contributed by atoms with Gasteiger partial charge in [0, 0.05) is 18.1 Å². The van der Waals surface area contributed by atoms with Crippen molar-refractivity contribution in [3.05, 3.63) is 75.4 Å². The molecule has 5 nitrogen and oxygen atoms in total. The van der Waals surface area contributed by atoms with Gasteiger partial charge in [0.15, 0.2) is 0 Å². The predicted molar refractivity (Wildman–Crippen MR) is 92.3 cm³/mol. The predicted octanol–water partition coefficient (Wildman–Crippen LogP) is 4.44. The maximum Gasteiger partial charge on any atom is 0.269 e. The summed E-state index contributed by atoms with van der Waals surface area (Å²) in [4.78, 5) is 10.5. The van der Waals surface area contributed by atoms with Crippen molar-refractivity contribution in [1.82, 2.24) is 0 Å². The molecule has 122 valence electrons. The van der Waals surface area contributed by atoms with Crippen LogP contribution in [-0.2, 0) is 0 Å². The Morgan fingerprint density at radius 3 is 2.67 bits per heavy atom. The van der Waals surface area contributed by atoms with E-state index in [1.54, 1.807) is 18.2 Å². The van der Waals surface area contributed by atoms with Crippen LogP contribution in [0.5, 0.6) is 5.75 Å². The van der Waals surface area contributed by atoms with Gasteiger partial charge in [0.1, 0.15) is 5.75 Å². The van der Waals surface area contributed by atoms with Crippen LogP contribution in [0, 0.1) is 23.0 Å². The lowest BCUT2D eigenvalue weighted by atomic mass is 9.75. The van der Waals surface area contributed by atoms with Gasteiger partial charge < -0.3 is 10.4 Å². The molecular weight excluding hydrogens is 304 g/mol. The number of fused-ring (bicyclic) bond motifs is 3. The first-order chi connectivity index (χ1) is 11.6. The summed E-state index contributed by atoms with van der Waals surface area (Å²) >= 11 is 0. The standard InChI is InChI=1S/C19H18N2O3/c1-11-5-10-16(22)19-17(11)14-3-2-4-15(14)18(20-19)12-6-8-13(9-7-12)21(23)24/h2-3,5-10,14-15,18,20,22H,4H2,1H3. The molecule has 4 rings (SSSR count). The third-order valence-corrected chi connectivity index (χ3v) is 5.18. The number of hydrogen-bond donors (Lipinski definition) is 2. The number of allylic oxidation sites excluding steroid dienone is 2. The number of anilines is 1. The summed E-state index contributed by atoms with van der Waals surface area (Å²) in [6, 6.07) is 10.4. The SMILES string of the molecule is Cc1ccc(O)c2c1C1C=CCC1C(c1ccc([N+](=O)[O-])cc1)N2. The first-order valence-corrected chi connectivity index (χ1v) is 8.06. The van der Waals surface area contributed by atoms with Crippen LogP contribution in [0.25, 0.3) is 0 Å². The van der Waals surface area contributed by atoms with E-state index in [4.69, 9.17) is 0 Å². The molecule has 0 spiro atoms. The van der Waals surface area contributed by atoms with E-state index in [1.165, 1.54) is 5.56 Å². The summed E-state index contributed by atoms with van der Waals surface area (Å²) in [6.45, 7) is 2.06. The average Bonchev–Trinajstić information content (AvgIpc) is 3.07. The van der Waals surface area contributed by atoms with Crippen molar-refractivity contribution < 1.29 is 10.0 Å². The van der Waals surface area contributed by atoms with E-state index in [9.17, 15) is 15.2 Å². The number of nitrogens with zero attached hydrogens (tertiary/aromatic N) is 1. The molecule has 24 heavy (non-hydrogen) atoms. The molecule has 1 aliphatic heterocycles. The highest BCUT2D eigenvalue weighted by molar-refractivity contribution is 5.69. The van der Waals surface area contributed by atoms with Crippen LogP contribution >= 0.6 is 0 Å². The number of rotatable bonds is 2. The zero-order valence-electron chi connectivity index (χ0n) is 13.3. The smallest absolute Gasteiger partial charge is 0.269 e. The number of aromatic hydroxyl groups is 1. The molecular formula is C19H18N2O3. The van der Waals surface area contributed by atoms with Crippen LogP contribution in [0.4, 0.5) is 11.4 Å². The lowest BCUT2D eigenvalue weighted by molar-refractivity contribution is -0.384. The van der Waals surface area contributed by atoms with Gasteiger partial charge in [0.05, 0.1) is 16.7 Å². The number of phenols is 1. The van der Waals surface area contributed by atoms with Crippen LogP contribution in [0.3, 0.4) is 0 Å². The second-order valence-electron chi connectivity index (χ2n) is 6.51. The molecule has 0 fully saturated rings. The Morgan fingerprint density at radius 1 is 1.21 bits per heavy atom. The zero-order chi connectivity index (χ0) is 16.8. The number of aryl methyl sites for hydroxylation is 1. The van der Waals surface area contributed by atoms with E-state index in [0.717, 1.165) is 23.2 Å². The van der Waals surface area contributed by atoms with Gasteiger partial charge in [-0.1, -0.05) is 30.4 Å². The maximum absolute atomic E-state index is 10.9. The molecule has 2 aliphatic rings. The summed E-state index contributed by atoms with van der Waals surface area (Å²) in [5, 5.41) is 24.7. The summed E-state index contributed by atoms with van der Waals surface area (Å²) < 4.78 is 0. The Hall–Kier alpha value is -2.82. The lowest BCUT2D eigenvalue weighted by Crippen LogP contribution is -2.29. The molecule has 0 saturated heterocycles. The highest BCUT2D eigenvalue weighted by Gasteiger charge is 2.39. The normalized spacial score (nSPS) is 24.1. The van der Waals surface area contributed by atoms with Crippen molar-refractivity contribution in [1.29, 1.82) is 0 Å². The minimum atomic E-state index is -0.386. The Balaban J connectivity index is 1.78. The largest absolute Gasteiger partial charge is 0.506 e. The van der Waals surface area contributed by atoms with Gasteiger partial charge in [-0.05, 0) is 42.0 Å². The van der Waals surface area contributed by atoms with E-state index in [2.05, 4.69) is 24.4 Å². The van der Waals surface area contributed by atoms with Gasteiger partial charge in [-0.3, -0.25) is 10.1 Å². The number of hydrogen-bond acceptors (Lipinski definition) is 4. The first-order valence-electron chi connectivity index (χ1n) is 8.06. The van der Waals surface area contributed by atoms with Crippen molar-refractivity contribution >= 4 is 11.4 Å². The summed E-state index contributed by atoms with van der Waals surface area (Å²) in [6.07, 6.45) is 5.36. The van der Waals surface area contributed by atoms with Crippen molar-refractivity contribution in [2.45, 2.75) is 25.3 Å². The Labute approximate surface area is 139 Å². The second kappa shape index (κ2) is 5.37. The molecule has 3 atom stereocenters. The number of benzene rings is 2. The molecule has 0 radical (unpaired) electrons. The highest BCUT2D eigenvalue weighted by atomic mass is 16.6. The molecule has 0 saturated carbocycles. The average molecular weight is 322 g/mol. The van der Waals surface area contributed by atoms with E-state index in [-0.39, 0.29) is 28.3 Å². The molecule has 0 aromatic heterocycles. The molecule has 5 heteroatoms. The fourth-order valence-corrected chi connectivity index (χ4v) is 4.02. The van der Waals surface area contributed by atoms with Gasteiger partial charge in [0.2, 0.25) is 0 Å². The van der Waals surface area contributed by atoms with E-state index >= 15 is 0 Å². The van der Waals surface area contributed by atoms with Crippen LogP contribution in [0.15, 0.2) is 48.6 Å². The third-order valence-electron chi connectivity index (χ3n) is 5.18. The fraction of sp³-hybridized carbons (Fsp3) is 0.263. The zero-order valence-corrected chi connectivity index (χ0v) is 13.3. The van der Waals surface area contributed by atoms with Gasteiger partial charge >= 0.3 is 0 Å². The Morgan fingerprint density at radius 2 is 1.96 bits per heavy atom. The first kappa shape index (κ1) is 14.8. The van der Waals surface area contributed by atoms with E-state index in [0.29, 0.717) is 5.92 Å². The summed E-state index contributed by atoms with van der Waals surface area (Å²) in [5.41, 5.74) is 4.21. The Bertz CT molecular complexity index is 842. The van der Waals surface area contributed by atoms with Crippen molar-refractivity contribution in [2.75, 3.05) is 5.32 Å². The van der Waals surface area contributed by atoms with Crippen LogP contribution in [0.1, 0.15) is 35.1 Å². The minimum absolute atomic E-state index is 0.0194. The quantitative estimate of drug-likeness (QED) is 0.371. The fourth-order valence-electron chi connectivity index (χ4n) is 4.02. The molecule has 0 amide bonds. The minimum Gasteiger partial charge on any atom is -0.506 e. The van der Waals surface area contributed by atoms with Gasteiger partial charge in [-0.25, -0.2) is 0 Å². The maximum atomic E-state index is 10.9. The van der Waals surface area contributed by atoms with E-state index < -0.39 is 0 Å². The third kappa shape index (κ3) is 2.16. The molecule has 1 aliphatic carbocycles. The lowest BCUT2D eigenvalue weighted by Gasteiger charge is -2.38. The number of nitro groups is 1. The number of nitro benzene ring substituents is 1. The van der Waals surface area contributed by atoms with Crippen LogP contribution in [-0.4, -0.2) is 10.0 Å². The van der Waals surface area contributed by atoms with Crippen molar-refractivity contribution in [3.63, 3.8) is 0 Å². The molecule has 3 unspecified atom stereocenters. The number of nitrogens with one attached hydrogen (secondary N) is 1. The Kier molecular flexibility index (Phi) is 3.30. The second-order valence-corrected chi connectivity index (χ2v) is 6.51. The molecule has 0 bridgehead atoms. The summed E-state index contributed by atoms with van der Waals surface area (Å²) in [5.74, 6) is 0.856. The highest BCUT2D eigenvalue weighted by Crippen LogP contribution is 2.53. The number of non-ortho nitro benzene ring substituents is 1. The van der Waals surface area contributed by atoms with Crippen LogP contribution in [0.2, 0.25) is 0 Å². The van der Waals surface area contributed by atoms with Gasteiger partial charge in [-0.2, -0.15) is 0 Å². The summed E-state index contributed by atoms with van der Waals surface area (Å²) in [7, 11) is 0. The van der Waals surface area contributed by atoms with Crippen molar-refractivity contribution in [2.24, 2.45) is 5.92 Å². The molecule has 1 heterocycles. The van der Waals surface area contributed by atoms with E-state index in [1.807, 2.05) is 18.2 Å². The van der Waals surface area contributed by atoms with Gasteiger partial charge in [-0.15, -0.1) is 0 Å². The number of phenolic OH excluding ortho intramolecular Hbond substituents is 1. The molecule has 2 aromatic carbocycles. The van der Waals surface area contributed by atoms with Crippen LogP contribution < -0.4 is 5.32 Å². The monoisotopic (exact) mass is 322 g/mol. The van der Waals surface area contributed by atoms with Gasteiger partial charge in [0.25, 0.3) is 5.69 Å². The molecule has 2 N–H and O–H groups in total.